The van der Waals surface area contributed by atoms with Gasteiger partial charge in [0.1, 0.15) is 6.04 Å². The fourth-order valence-electron chi connectivity index (χ4n) is 3.67. The number of unbranched alkanes of at least 4 members (excludes halogenated alkanes) is 2. The maximum atomic E-state index is 13.2. The number of para-hydroxylation sites is 1. The molecule has 0 aromatic heterocycles. The minimum absolute atomic E-state index is 0.0967. The molecule has 0 saturated carbocycles. The Bertz CT molecular complexity index is 808. The van der Waals surface area contributed by atoms with Crippen molar-refractivity contribution in [2.75, 3.05) is 24.2 Å². The van der Waals surface area contributed by atoms with Crippen molar-refractivity contribution in [2.24, 2.45) is 0 Å². The molecular weight excluding hydrogens is 356 g/mol. The molecule has 0 spiro atoms. The number of nitrogens with zero attached hydrogens (tertiary/aromatic N) is 2. The maximum absolute atomic E-state index is 13.2. The first kappa shape index (κ1) is 18.8. The summed E-state index contributed by atoms with van der Waals surface area (Å²) >= 11 is 0. The van der Waals surface area contributed by atoms with Crippen molar-refractivity contribution >= 4 is 27.6 Å². The van der Waals surface area contributed by atoms with Crippen molar-refractivity contribution in [1.29, 1.82) is 0 Å². The van der Waals surface area contributed by atoms with E-state index >= 15 is 0 Å². The predicted octanol–water partition coefficient (Wildman–Crippen LogP) is 1.78. The third kappa shape index (κ3) is 3.76. The van der Waals surface area contributed by atoms with E-state index in [2.05, 4.69) is 6.92 Å². The Morgan fingerprint density at radius 2 is 1.92 bits per heavy atom. The van der Waals surface area contributed by atoms with Gasteiger partial charge < -0.3 is 9.80 Å². The lowest BCUT2D eigenvalue weighted by molar-refractivity contribution is -0.122. The quantitative estimate of drug-likeness (QED) is 0.555. The molecule has 0 aliphatic carbocycles. The topological polar surface area (TPSA) is 84.0 Å². The molecule has 8 heteroatoms. The highest BCUT2D eigenvalue weighted by Gasteiger charge is 2.46. The van der Waals surface area contributed by atoms with Crippen LogP contribution in [-0.2, 0) is 19.1 Å². The Hall–Kier alpha value is -1.93. The lowest BCUT2D eigenvalue weighted by atomic mass is 10.1. The number of hydrogen-bond acceptors (Lipinski definition) is 5. The zero-order chi connectivity index (χ0) is 18.9. The van der Waals surface area contributed by atoms with Gasteiger partial charge in [0.2, 0.25) is 5.91 Å². The van der Waals surface area contributed by atoms with Crippen molar-refractivity contribution in [2.45, 2.75) is 44.8 Å². The first-order chi connectivity index (χ1) is 12.3. The molecule has 2 aliphatic heterocycles. The molecule has 0 unspecified atom stereocenters. The molecule has 0 N–H and O–H groups in total. The smallest absolute Gasteiger partial charge is 0.264 e. The van der Waals surface area contributed by atoms with Crippen LogP contribution in [-0.4, -0.2) is 56.6 Å². The van der Waals surface area contributed by atoms with Crippen LogP contribution in [0.15, 0.2) is 24.3 Å². The summed E-state index contributed by atoms with van der Waals surface area (Å²) in [6.07, 6.45) is 3.35. The van der Waals surface area contributed by atoms with Crippen molar-refractivity contribution in [3.63, 3.8) is 0 Å². The largest absolute Gasteiger partial charge is 0.324 e. The molecule has 1 fully saturated rings. The van der Waals surface area contributed by atoms with Gasteiger partial charge in [0.05, 0.1) is 23.6 Å². The van der Waals surface area contributed by atoms with Crippen LogP contribution in [0.3, 0.4) is 0 Å². The van der Waals surface area contributed by atoms with Crippen LogP contribution >= 0.6 is 0 Å². The summed E-state index contributed by atoms with van der Waals surface area (Å²) in [7, 11) is -3.65. The number of benzene rings is 1. The van der Waals surface area contributed by atoms with Gasteiger partial charge in [-0.05, 0) is 18.6 Å². The van der Waals surface area contributed by atoms with E-state index in [0.29, 0.717) is 17.8 Å². The van der Waals surface area contributed by atoms with Gasteiger partial charge in [-0.15, -0.1) is 0 Å². The van der Waals surface area contributed by atoms with Crippen LogP contribution < -0.4 is 4.90 Å². The molecule has 2 heterocycles. The summed E-state index contributed by atoms with van der Waals surface area (Å²) in [6, 6.07) is 6.40. The van der Waals surface area contributed by atoms with Gasteiger partial charge in [-0.2, -0.15) is 8.42 Å². The van der Waals surface area contributed by atoms with Gasteiger partial charge >= 0.3 is 0 Å². The molecule has 0 bridgehead atoms. The van der Waals surface area contributed by atoms with E-state index in [4.69, 9.17) is 4.18 Å². The fraction of sp³-hybridized carbons (Fsp3) is 0.556. The Kier molecular flexibility index (Phi) is 5.34. The highest BCUT2D eigenvalue weighted by atomic mass is 32.2. The van der Waals surface area contributed by atoms with Crippen LogP contribution in [0.1, 0.15) is 43.0 Å². The Balaban J connectivity index is 1.93. The number of hydrogen-bond donors (Lipinski definition) is 0. The first-order valence-corrected chi connectivity index (χ1v) is 10.7. The maximum Gasteiger partial charge on any atom is 0.264 e. The molecule has 0 radical (unpaired) electrons. The van der Waals surface area contributed by atoms with E-state index in [0.717, 1.165) is 25.5 Å². The highest BCUT2D eigenvalue weighted by molar-refractivity contribution is 7.86. The third-order valence-electron chi connectivity index (χ3n) is 4.80. The third-order valence-corrected chi connectivity index (χ3v) is 5.42. The van der Waals surface area contributed by atoms with Crippen LogP contribution in [0, 0.1) is 0 Å². The molecule has 142 valence electrons. The normalized spacial score (nSPS) is 23.0. The molecule has 3 rings (SSSR count). The van der Waals surface area contributed by atoms with E-state index in [9.17, 15) is 18.0 Å². The minimum atomic E-state index is -3.65. The number of carbonyl (C=O) groups excluding carboxylic acids is 2. The van der Waals surface area contributed by atoms with Crippen LogP contribution in [0.4, 0.5) is 5.69 Å². The molecule has 26 heavy (non-hydrogen) atoms. The van der Waals surface area contributed by atoms with Gasteiger partial charge in [-0.1, -0.05) is 31.9 Å². The first-order valence-electron chi connectivity index (χ1n) is 8.91. The molecule has 2 amide bonds. The summed E-state index contributed by atoms with van der Waals surface area (Å²) in [6.45, 7) is 2.73. The fourth-order valence-corrected chi connectivity index (χ4v) is 4.30. The lowest BCUT2D eigenvalue weighted by Gasteiger charge is -2.25. The summed E-state index contributed by atoms with van der Waals surface area (Å²) < 4.78 is 27.9. The number of carbonyl (C=O) groups is 2. The standard InChI is InChI=1S/C18H24N2O5S/c1-3-4-7-10-19-15-9-6-5-8-14(15)17(21)20-12-13(25-26(2,23)24)11-16(20)18(19)22/h5-6,8-9,13,16H,3-4,7,10-12H2,1-2H3/t13-,16+/m1/s1. The molecule has 2 atom stereocenters. The van der Waals surface area contributed by atoms with E-state index in [1.807, 2.05) is 6.07 Å². The van der Waals surface area contributed by atoms with Gasteiger partial charge in [0, 0.05) is 19.5 Å². The minimum Gasteiger partial charge on any atom is -0.324 e. The zero-order valence-electron chi connectivity index (χ0n) is 15.1. The summed E-state index contributed by atoms with van der Waals surface area (Å²) in [4.78, 5) is 29.3. The lowest BCUT2D eigenvalue weighted by Crippen LogP contribution is -2.45. The predicted molar refractivity (Wildman–Crippen MR) is 97.5 cm³/mol. The van der Waals surface area contributed by atoms with Gasteiger partial charge in [0.15, 0.2) is 0 Å². The molecule has 7 nitrogen and oxygen atoms in total. The summed E-state index contributed by atoms with van der Waals surface area (Å²) in [5.74, 6) is -0.421. The van der Waals surface area contributed by atoms with Crippen molar-refractivity contribution in [3.8, 4) is 0 Å². The number of rotatable bonds is 6. The number of fused-ring (bicyclic) bond motifs is 2. The average Bonchev–Trinajstić information content (AvgIpc) is 2.96. The second kappa shape index (κ2) is 7.36. The van der Waals surface area contributed by atoms with E-state index in [1.54, 1.807) is 23.1 Å². The van der Waals surface area contributed by atoms with Crippen LogP contribution in [0.2, 0.25) is 0 Å². The number of anilines is 1. The van der Waals surface area contributed by atoms with Crippen molar-refractivity contribution in [3.05, 3.63) is 29.8 Å². The van der Waals surface area contributed by atoms with Crippen molar-refractivity contribution < 1.29 is 22.2 Å². The van der Waals surface area contributed by atoms with Crippen LogP contribution in [0.5, 0.6) is 0 Å². The Labute approximate surface area is 154 Å². The molecule has 1 aromatic rings. The molecule has 1 saturated heterocycles. The SMILES string of the molecule is CCCCCN1C(=O)[C@@H]2C[C@@H](OS(C)(=O)=O)CN2C(=O)c2ccccc21. The Morgan fingerprint density at radius 1 is 1.19 bits per heavy atom. The van der Waals surface area contributed by atoms with Gasteiger partial charge in [0.25, 0.3) is 16.0 Å². The van der Waals surface area contributed by atoms with E-state index < -0.39 is 22.3 Å². The van der Waals surface area contributed by atoms with Crippen molar-refractivity contribution in [1.82, 2.24) is 4.90 Å². The molecule has 1 aromatic carbocycles. The van der Waals surface area contributed by atoms with Crippen LogP contribution in [0.25, 0.3) is 0 Å². The Morgan fingerprint density at radius 3 is 2.62 bits per heavy atom. The summed E-state index contributed by atoms with van der Waals surface area (Å²) in [5, 5.41) is 0. The highest BCUT2D eigenvalue weighted by Crippen LogP contribution is 2.33. The molecular formula is C18H24N2O5S. The number of amides is 2. The monoisotopic (exact) mass is 380 g/mol. The summed E-state index contributed by atoms with van der Waals surface area (Å²) in [5.41, 5.74) is 1.11. The average molecular weight is 380 g/mol. The second-order valence-electron chi connectivity index (χ2n) is 6.85. The zero-order valence-corrected chi connectivity index (χ0v) is 15.9. The van der Waals surface area contributed by atoms with Gasteiger partial charge in [-0.25, -0.2) is 0 Å². The van der Waals surface area contributed by atoms with E-state index in [1.165, 1.54) is 4.90 Å². The van der Waals surface area contributed by atoms with Gasteiger partial charge in [-0.3, -0.25) is 13.8 Å². The van der Waals surface area contributed by atoms with E-state index in [-0.39, 0.29) is 24.8 Å². The molecule has 2 aliphatic rings. The second-order valence-corrected chi connectivity index (χ2v) is 8.45.